The molecule has 3 heteroatoms. The molecule has 1 heterocycles. The van der Waals surface area contributed by atoms with Gasteiger partial charge in [-0.05, 0) is 42.6 Å². The van der Waals surface area contributed by atoms with Crippen LogP contribution < -0.4 is 5.32 Å². The lowest BCUT2D eigenvalue weighted by Gasteiger charge is -2.52. The summed E-state index contributed by atoms with van der Waals surface area (Å²) >= 11 is 0. The van der Waals surface area contributed by atoms with Gasteiger partial charge in [-0.3, -0.25) is 4.79 Å². The highest BCUT2D eigenvalue weighted by Crippen LogP contribution is 2.48. The van der Waals surface area contributed by atoms with Gasteiger partial charge in [-0.25, -0.2) is 0 Å². The van der Waals surface area contributed by atoms with Crippen LogP contribution in [0.2, 0.25) is 0 Å². The second-order valence-electron chi connectivity index (χ2n) is 6.65. The Hall–Kier alpha value is -1.35. The molecule has 114 valence electrons. The average Bonchev–Trinajstić information content (AvgIpc) is 2.53. The Balaban J connectivity index is 1.52. The molecule has 2 unspecified atom stereocenters. The van der Waals surface area contributed by atoms with Gasteiger partial charge < -0.3 is 10.1 Å². The van der Waals surface area contributed by atoms with E-state index in [1.807, 2.05) is 18.2 Å². The van der Waals surface area contributed by atoms with Gasteiger partial charge in [0.2, 0.25) is 5.91 Å². The Morgan fingerprint density at radius 2 is 2.00 bits per heavy atom. The Bertz CT molecular complexity index is 479. The van der Waals surface area contributed by atoms with Gasteiger partial charge in [0.15, 0.2) is 0 Å². The van der Waals surface area contributed by atoms with Gasteiger partial charge in [-0.2, -0.15) is 0 Å². The molecule has 1 spiro atoms. The minimum atomic E-state index is 0.196. The lowest BCUT2D eigenvalue weighted by Crippen LogP contribution is -2.57. The molecule has 21 heavy (non-hydrogen) atoms. The van der Waals surface area contributed by atoms with Crippen LogP contribution in [0.15, 0.2) is 30.3 Å². The van der Waals surface area contributed by atoms with Gasteiger partial charge in [0.25, 0.3) is 0 Å². The van der Waals surface area contributed by atoms with E-state index < -0.39 is 0 Å². The number of hydrogen-bond donors (Lipinski definition) is 1. The van der Waals surface area contributed by atoms with Crippen LogP contribution in [-0.2, 0) is 9.53 Å². The number of ether oxygens (including phenoxy) is 1. The van der Waals surface area contributed by atoms with E-state index in [9.17, 15) is 4.79 Å². The summed E-state index contributed by atoms with van der Waals surface area (Å²) in [5, 5.41) is 3.28. The smallest absolute Gasteiger partial charge is 0.220 e. The average molecular weight is 287 g/mol. The first-order chi connectivity index (χ1) is 10.2. The zero-order chi connectivity index (χ0) is 14.7. The minimum absolute atomic E-state index is 0.196. The van der Waals surface area contributed by atoms with Gasteiger partial charge in [0, 0.05) is 25.7 Å². The third kappa shape index (κ3) is 3.13. The summed E-state index contributed by atoms with van der Waals surface area (Å²) in [4.78, 5) is 12.3. The third-order valence-corrected chi connectivity index (χ3v) is 5.35. The molecule has 1 N–H and O–H groups in total. The predicted molar refractivity (Wildman–Crippen MR) is 83.1 cm³/mol. The first-order valence-corrected chi connectivity index (χ1v) is 8.12. The standard InChI is InChI=1S/C18H25NO2/c1-14(15-5-3-2-4-6-15)13-17(20)19-16-7-8-18(16)9-11-21-12-10-18/h2-6,14,16H,7-13H2,1H3,(H,19,20). The molecule has 2 fully saturated rings. The molecule has 0 aromatic heterocycles. The Morgan fingerprint density at radius 3 is 2.62 bits per heavy atom. The Kier molecular flexibility index (Phi) is 4.29. The topological polar surface area (TPSA) is 38.3 Å². The van der Waals surface area contributed by atoms with Crippen LogP contribution in [0.5, 0.6) is 0 Å². The Morgan fingerprint density at radius 1 is 1.29 bits per heavy atom. The maximum absolute atomic E-state index is 12.3. The van der Waals surface area contributed by atoms with Crippen molar-refractivity contribution < 1.29 is 9.53 Å². The predicted octanol–water partition coefficient (Wildman–Crippen LogP) is 3.26. The largest absolute Gasteiger partial charge is 0.381 e. The second kappa shape index (κ2) is 6.18. The number of amides is 1. The Labute approximate surface area is 127 Å². The number of carbonyl (C=O) groups excluding carboxylic acids is 1. The molecule has 1 saturated heterocycles. The van der Waals surface area contributed by atoms with E-state index in [-0.39, 0.29) is 11.8 Å². The van der Waals surface area contributed by atoms with Crippen molar-refractivity contribution >= 4 is 5.91 Å². The summed E-state index contributed by atoms with van der Waals surface area (Å²) in [5.74, 6) is 0.471. The molecular formula is C18H25NO2. The van der Waals surface area contributed by atoms with Crippen molar-refractivity contribution in [2.75, 3.05) is 13.2 Å². The van der Waals surface area contributed by atoms with Gasteiger partial charge in [-0.15, -0.1) is 0 Å². The van der Waals surface area contributed by atoms with Gasteiger partial charge in [0.05, 0.1) is 0 Å². The van der Waals surface area contributed by atoms with Crippen molar-refractivity contribution in [1.82, 2.24) is 5.32 Å². The molecule has 3 rings (SSSR count). The highest BCUT2D eigenvalue weighted by atomic mass is 16.5. The fraction of sp³-hybridized carbons (Fsp3) is 0.611. The number of benzene rings is 1. The van der Waals surface area contributed by atoms with Crippen molar-refractivity contribution in [3.63, 3.8) is 0 Å². The fourth-order valence-electron chi connectivity index (χ4n) is 3.73. The fourth-order valence-corrected chi connectivity index (χ4v) is 3.73. The molecule has 1 amide bonds. The van der Waals surface area contributed by atoms with Gasteiger partial charge in [-0.1, -0.05) is 37.3 Å². The molecule has 2 aliphatic rings. The number of hydrogen-bond acceptors (Lipinski definition) is 2. The van der Waals surface area contributed by atoms with Crippen molar-refractivity contribution in [1.29, 1.82) is 0 Å². The van der Waals surface area contributed by atoms with Crippen molar-refractivity contribution in [3.05, 3.63) is 35.9 Å². The van der Waals surface area contributed by atoms with Gasteiger partial charge in [0.1, 0.15) is 0 Å². The van der Waals surface area contributed by atoms with E-state index >= 15 is 0 Å². The van der Waals surface area contributed by atoms with Crippen LogP contribution in [0.4, 0.5) is 0 Å². The quantitative estimate of drug-likeness (QED) is 0.923. The molecule has 1 aliphatic heterocycles. The van der Waals surface area contributed by atoms with E-state index in [4.69, 9.17) is 4.74 Å². The van der Waals surface area contributed by atoms with Crippen LogP contribution in [0.1, 0.15) is 50.5 Å². The molecule has 1 aromatic carbocycles. The number of carbonyl (C=O) groups is 1. The zero-order valence-electron chi connectivity index (χ0n) is 12.8. The highest BCUT2D eigenvalue weighted by molar-refractivity contribution is 5.77. The summed E-state index contributed by atoms with van der Waals surface area (Å²) in [5.41, 5.74) is 1.58. The van der Waals surface area contributed by atoms with Crippen molar-refractivity contribution in [2.45, 2.75) is 51.0 Å². The van der Waals surface area contributed by atoms with Crippen LogP contribution >= 0.6 is 0 Å². The SMILES string of the molecule is CC(CC(=O)NC1CCC12CCOCC2)c1ccccc1. The van der Waals surface area contributed by atoms with Crippen LogP contribution in [0, 0.1) is 5.41 Å². The molecule has 1 aromatic rings. The van der Waals surface area contributed by atoms with Crippen molar-refractivity contribution in [2.24, 2.45) is 5.41 Å². The molecule has 0 radical (unpaired) electrons. The first kappa shape index (κ1) is 14.6. The molecule has 2 atom stereocenters. The summed E-state index contributed by atoms with van der Waals surface area (Å²) in [7, 11) is 0. The van der Waals surface area contributed by atoms with Crippen LogP contribution in [-0.4, -0.2) is 25.2 Å². The van der Waals surface area contributed by atoms with E-state index in [0.717, 1.165) is 32.5 Å². The van der Waals surface area contributed by atoms with E-state index in [1.54, 1.807) is 0 Å². The van der Waals surface area contributed by atoms with E-state index in [2.05, 4.69) is 24.4 Å². The monoisotopic (exact) mass is 287 g/mol. The molecule has 1 saturated carbocycles. The molecule has 3 nitrogen and oxygen atoms in total. The summed E-state index contributed by atoms with van der Waals surface area (Å²) in [6.07, 6.45) is 5.16. The minimum Gasteiger partial charge on any atom is -0.381 e. The summed E-state index contributed by atoms with van der Waals surface area (Å²) in [6, 6.07) is 10.7. The summed E-state index contributed by atoms with van der Waals surface area (Å²) in [6.45, 7) is 3.83. The molecule has 1 aliphatic carbocycles. The van der Waals surface area contributed by atoms with Crippen LogP contribution in [0.25, 0.3) is 0 Å². The van der Waals surface area contributed by atoms with Crippen molar-refractivity contribution in [3.8, 4) is 0 Å². The normalized spacial score (nSPS) is 25.1. The third-order valence-electron chi connectivity index (χ3n) is 5.35. The maximum atomic E-state index is 12.3. The number of nitrogens with one attached hydrogen (secondary N) is 1. The molecule has 0 bridgehead atoms. The maximum Gasteiger partial charge on any atom is 0.220 e. The second-order valence-corrected chi connectivity index (χ2v) is 6.65. The molecular weight excluding hydrogens is 262 g/mol. The van der Waals surface area contributed by atoms with Gasteiger partial charge >= 0.3 is 0 Å². The van der Waals surface area contributed by atoms with Crippen LogP contribution in [0.3, 0.4) is 0 Å². The lowest BCUT2D eigenvalue weighted by molar-refractivity contribution is -0.127. The zero-order valence-corrected chi connectivity index (χ0v) is 12.8. The number of rotatable bonds is 4. The first-order valence-electron chi connectivity index (χ1n) is 8.12. The summed E-state index contributed by atoms with van der Waals surface area (Å²) < 4.78 is 5.46. The highest BCUT2D eigenvalue weighted by Gasteiger charge is 2.47. The van der Waals surface area contributed by atoms with E-state index in [1.165, 1.54) is 12.0 Å². The lowest BCUT2D eigenvalue weighted by atomic mass is 9.60. The van der Waals surface area contributed by atoms with E-state index in [0.29, 0.717) is 17.9 Å².